The maximum absolute atomic E-state index is 12.8. The van der Waals surface area contributed by atoms with Crippen LogP contribution in [0.3, 0.4) is 0 Å². The third-order valence-corrected chi connectivity index (χ3v) is 4.66. The van der Waals surface area contributed by atoms with Gasteiger partial charge in [0.05, 0.1) is 25.0 Å². The number of pyridine rings is 1. The molecule has 6 heteroatoms. The summed E-state index contributed by atoms with van der Waals surface area (Å²) in [6.45, 7) is 1.93. The number of nitrogens with zero attached hydrogens (tertiary/aromatic N) is 3. The third-order valence-electron chi connectivity index (χ3n) is 4.66. The van der Waals surface area contributed by atoms with Crippen molar-refractivity contribution in [3.8, 4) is 11.4 Å². The van der Waals surface area contributed by atoms with E-state index in [4.69, 9.17) is 4.74 Å². The summed E-state index contributed by atoms with van der Waals surface area (Å²) in [6, 6.07) is 17.0. The number of nitrogens with one attached hydrogen (secondary N) is 1. The first-order chi connectivity index (χ1) is 13.7. The van der Waals surface area contributed by atoms with E-state index in [0.717, 1.165) is 27.8 Å². The minimum atomic E-state index is -0.215. The average molecular weight is 372 g/mol. The summed E-state index contributed by atoms with van der Waals surface area (Å²) in [4.78, 5) is 17.1. The van der Waals surface area contributed by atoms with Crippen LogP contribution in [0.4, 0.5) is 0 Å². The normalized spacial score (nSPS) is 11.9. The van der Waals surface area contributed by atoms with Crippen molar-refractivity contribution >= 4 is 16.7 Å². The van der Waals surface area contributed by atoms with Gasteiger partial charge in [-0.15, -0.1) is 0 Å². The zero-order chi connectivity index (χ0) is 19.5. The molecule has 0 bridgehead atoms. The van der Waals surface area contributed by atoms with E-state index in [1.54, 1.807) is 24.2 Å². The lowest BCUT2D eigenvalue weighted by Crippen LogP contribution is -2.27. The van der Waals surface area contributed by atoms with E-state index < -0.39 is 0 Å². The van der Waals surface area contributed by atoms with Gasteiger partial charge in [-0.05, 0) is 30.5 Å². The molecule has 2 aromatic carbocycles. The fraction of sp³-hybridized carbons (Fsp3) is 0.136. The van der Waals surface area contributed by atoms with Crippen LogP contribution < -0.4 is 10.1 Å². The molecule has 6 nitrogen and oxygen atoms in total. The van der Waals surface area contributed by atoms with E-state index in [-0.39, 0.29) is 11.9 Å². The lowest BCUT2D eigenvalue weighted by Gasteiger charge is -2.13. The molecule has 0 saturated heterocycles. The van der Waals surface area contributed by atoms with Gasteiger partial charge in [-0.1, -0.05) is 30.3 Å². The molecule has 4 rings (SSSR count). The number of hydrogen-bond donors (Lipinski definition) is 1. The van der Waals surface area contributed by atoms with E-state index in [0.29, 0.717) is 5.69 Å². The predicted molar refractivity (Wildman–Crippen MR) is 108 cm³/mol. The van der Waals surface area contributed by atoms with Crippen molar-refractivity contribution in [3.63, 3.8) is 0 Å². The molecule has 2 aromatic heterocycles. The number of carbonyl (C=O) groups is 1. The quantitative estimate of drug-likeness (QED) is 0.576. The molecule has 4 aromatic rings. The fourth-order valence-electron chi connectivity index (χ4n) is 3.10. The summed E-state index contributed by atoms with van der Waals surface area (Å²) in [5, 5.41) is 9.24. The second-order valence-corrected chi connectivity index (χ2v) is 6.50. The molecule has 0 aliphatic rings. The van der Waals surface area contributed by atoms with E-state index in [9.17, 15) is 4.79 Å². The second-order valence-electron chi connectivity index (χ2n) is 6.50. The summed E-state index contributed by atoms with van der Waals surface area (Å²) in [5.41, 5.74) is 2.21. The van der Waals surface area contributed by atoms with Crippen molar-refractivity contribution in [1.29, 1.82) is 0 Å². The lowest BCUT2D eigenvalue weighted by molar-refractivity contribution is 0.0936. The maximum atomic E-state index is 12.8. The van der Waals surface area contributed by atoms with Gasteiger partial charge in [0.1, 0.15) is 11.4 Å². The molecule has 0 fully saturated rings. The van der Waals surface area contributed by atoms with Crippen LogP contribution in [0.25, 0.3) is 16.5 Å². The van der Waals surface area contributed by atoms with Gasteiger partial charge in [-0.25, -0.2) is 4.68 Å². The van der Waals surface area contributed by atoms with Crippen LogP contribution in [0.15, 0.2) is 73.2 Å². The monoisotopic (exact) mass is 372 g/mol. The van der Waals surface area contributed by atoms with E-state index in [1.807, 2.05) is 67.7 Å². The van der Waals surface area contributed by atoms with Crippen LogP contribution in [0.2, 0.25) is 0 Å². The zero-order valence-electron chi connectivity index (χ0n) is 15.7. The molecule has 1 unspecified atom stereocenters. The number of benzene rings is 2. The number of carbonyl (C=O) groups excluding carboxylic acids is 1. The van der Waals surface area contributed by atoms with Gasteiger partial charge in [-0.2, -0.15) is 5.10 Å². The molecule has 1 atom stereocenters. The van der Waals surface area contributed by atoms with Gasteiger partial charge >= 0.3 is 0 Å². The standard InChI is InChI=1S/C22H20N4O2/c1-15(17-13-24-26(14-17)18-7-5-8-19(12-18)28-2)25-22(27)21-20-9-4-3-6-16(20)10-11-23-21/h3-15H,1-2H3,(H,25,27). The smallest absolute Gasteiger partial charge is 0.270 e. The molecule has 2 heterocycles. The Balaban J connectivity index is 1.54. The van der Waals surface area contributed by atoms with Crippen molar-refractivity contribution in [2.24, 2.45) is 0 Å². The third kappa shape index (κ3) is 3.44. The van der Waals surface area contributed by atoms with Crippen LogP contribution in [0, 0.1) is 0 Å². The largest absolute Gasteiger partial charge is 0.497 e. The van der Waals surface area contributed by atoms with Gasteiger partial charge in [0.25, 0.3) is 5.91 Å². The number of aromatic nitrogens is 3. The number of amides is 1. The van der Waals surface area contributed by atoms with E-state index in [2.05, 4.69) is 15.4 Å². The fourth-order valence-corrected chi connectivity index (χ4v) is 3.10. The first-order valence-corrected chi connectivity index (χ1v) is 8.99. The number of fused-ring (bicyclic) bond motifs is 1. The highest BCUT2D eigenvalue weighted by Gasteiger charge is 2.16. The predicted octanol–water partition coefficient (Wildman–Crippen LogP) is 3.92. The highest BCUT2D eigenvalue weighted by molar-refractivity contribution is 6.05. The minimum absolute atomic E-state index is 0.210. The number of rotatable bonds is 5. The Labute approximate surface area is 162 Å². The average Bonchev–Trinajstić information content (AvgIpc) is 3.24. The van der Waals surface area contributed by atoms with Gasteiger partial charge < -0.3 is 10.1 Å². The van der Waals surface area contributed by atoms with Crippen LogP contribution in [-0.4, -0.2) is 27.8 Å². The minimum Gasteiger partial charge on any atom is -0.497 e. The Bertz CT molecular complexity index is 1130. The molecule has 0 aliphatic heterocycles. The number of methoxy groups -OCH3 is 1. The van der Waals surface area contributed by atoms with Crippen molar-refractivity contribution in [1.82, 2.24) is 20.1 Å². The Morgan fingerprint density at radius 2 is 2.00 bits per heavy atom. The van der Waals surface area contributed by atoms with Gasteiger partial charge in [0.2, 0.25) is 0 Å². The summed E-state index contributed by atoms with van der Waals surface area (Å²) in [7, 11) is 1.63. The molecular weight excluding hydrogens is 352 g/mol. The molecule has 140 valence electrons. The van der Waals surface area contributed by atoms with E-state index in [1.165, 1.54) is 0 Å². The molecule has 0 radical (unpaired) electrons. The van der Waals surface area contributed by atoms with Crippen molar-refractivity contribution in [2.45, 2.75) is 13.0 Å². The first kappa shape index (κ1) is 17.7. The molecule has 0 aliphatic carbocycles. The molecule has 1 amide bonds. The molecular formula is C22H20N4O2. The highest BCUT2D eigenvalue weighted by atomic mass is 16.5. The summed E-state index contributed by atoms with van der Waals surface area (Å²) < 4.78 is 7.02. The van der Waals surface area contributed by atoms with Gasteiger partial charge in [0, 0.05) is 29.4 Å². The Morgan fingerprint density at radius 3 is 2.86 bits per heavy atom. The summed E-state index contributed by atoms with van der Waals surface area (Å²) in [6.07, 6.45) is 5.31. The van der Waals surface area contributed by atoms with E-state index >= 15 is 0 Å². The number of hydrogen-bond acceptors (Lipinski definition) is 4. The SMILES string of the molecule is COc1cccc(-n2cc(C(C)NC(=O)c3nccc4ccccc34)cn2)c1. The molecule has 1 N–H and O–H groups in total. The Kier molecular flexibility index (Phi) is 4.76. The van der Waals surface area contributed by atoms with Crippen molar-refractivity contribution in [2.75, 3.05) is 7.11 Å². The van der Waals surface area contributed by atoms with Crippen LogP contribution in [-0.2, 0) is 0 Å². The molecule has 0 spiro atoms. The highest BCUT2D eigenvalue weighted by Crippen LogP contribution is 2.20. The molecule has 28 heavy (non-hydrogen) atoms. The molecule has 0 saturated carbocycles. The maximum Gasteiger partial charge on any atom is 0.270 e. The zero-order valence-corrected chi connectivity index (χ0v) is 15.7. The van der Waals surface area contributed by atoms with Crippen LogP contribution in [0.1, 0.15) is 29.0 Å². The van der Waals surface area contributed by atoms with Crippen LogP contribution in [0.5, 0.6) is 5.75 Å². The van der Waals surface area contributed by atoms with Crippen molar-refractivity contribution < 1.29 is 9.53 Å². The van der Waals surface area contributed by atoms with Gasteiger partial charge in [0.15, 0.2) is 0 Å². The summed E-state index contributed by atoms with van der Waals surface area (Å²) in [5.74, 6) is 0.552. The lowest BCUT2D eigenvalue weighted by atomic mass is 10.1. The summed E-state index contributed by atoms with van der Waals surface area (Å²) >= 11 is 0. The first-order valence-electron chi connectivity index (χ1n) is 8.99. The van der Waals surface area contributed by atoms with Crippen molar-refractivity contribution in [3.05, 3.63) is 84.4 Å². The second kappa shape index (κ2) is 7.52. The van der Waals surface area contributed by atoms with Gasteiger partial charge in [-0.3, -0.25) is 9.78 Å². The Hall–Kier alpha value is -3.67. The van der Waals surface area contributed by atoms with Crippen LogP contribution >= 0.6 is 0 Å². The Morgan fingerprint density at radius 1 is 1.14 bits per heavy atom. The number of ether oxygens (including phenoxy) is 1. The topological polar surface area (TPSA) is 69.0 Å².